The molecule has 0 aromatic heterocycles. The molecule has 30 heavy (non-hydrogen) atoms. The molecule has 9 heteroatoms. The van der Waals surface area contributed by atoms with E-state index >= 15 is 0 Å². The first-order valence-corrected chi connectivity index (χ1v) is 9.54. The monoisotopic (exact) mass is 417 g/mol. The zero-order valence-corrected chi connectivity index (χ0v) is 16.0. The molecule has 0 saturated carbocycles. The summed E-state index contributed by atoms with van der Waals surface area (Å²) in [5.74, 6) is -1.30. The molecule has 6 nitrogen and oxygen atoms in total. The van der Waals surface area contributed by atoms with Gasteiger partial charge in [-0.15, -0.1) is 0 Å². The third-order valence-electron chi connectivity index (χ3n) is 4.87. The van der Waals surface area contributed by atoms with Gasteiger partial charge in [0.1, 0.15) is 5.56 Å². The van der Waals surface area contributed by atoms with Crippen molar-refractivity contribution >= 4 is 23.5 Å². The molecule has 2 aromatic rings. The molecule has 2 aromatic carbocycles. The third kappa shape index (κ3) is 4.32. The molecule has 2 heterocycles. The van der Waals surface area contributed by atoms with Gasteiger partial charge in [-0.05, 0) is 29.8 Å². The number of ether oxygens (including phenoxy) is 1. The number of benzene rings is 2. The standard InChI is InChI=1S/C21H20F3N4O2/c22-21(23,24)19-26-18(30-19)16-8-6-15(7-9-16)14-28(17-4-2-1-3-5-17)20(29)27-12-10-25-11-13-27/h1-9,25H,10-14H2/q+1. The van der Waals surface area contributed by atoms with Crippen LogP contribution in [0, 0.1) is 0 Å². The van der Waals surface area contributed by atoms with Crippen molar-refractivity contribution in [2.45, 2.75) is 12.7 Å². The molecule has 0 unspecified atom stereocenters. The van der Waals surface area contributed by atoms with E-state index in [0.717, 1.165) is 24.3 Å². The highest BCUT2D eigenvalue weighted by atomic mass is 19.4. The summed E-state index contributed by atoms with van der Waals surface area (Å²) in [6.45, 7) is 3.11. The first-order chi connectivity index (χ1) is 14.4. The molecular formula is C21H20F3N4O2+. The molecule has 0 radical (unpaired) electrons. The highest BCUT2D eigenvalue weighted by Crippen LogP contribution is 2.22. The lowest BCUT2D eigenvalue weighted by atomic mass is 10.1. The van der Waals surface area contributed by atoms with Gasteiger partial charge in [0.05, 0.1) is 6.54 Å². The van der Waals surface area contributed by atoms with Gasteiger partial charge in [-0.25, -0.2) is 4.79 Å². The highest BCUT2D eigenvalue weighted by Gasteiger charge is 2.55. The van der Waals surface area contributed by atoms with Gasteiger partial charge in [0.2, 0.25) is 0 Å². The van der Waals surface area contributed by atoms with Crippen LogP contribution >= 0.6 is 0 Å². The second-order valence-electron chi connectivity index (χ2n) is 6.96. The second kappa shape index (κ2) is 8.22. The van der Waals surface area contributed by atoms with Crippen molar-refractivity contribution in [3.05, 3.63) is 65.7 Å². The number of urea groups is 1. The van der Waals surface area contributed by atoms with E-state index in [2.05, 4.69) is 14.7 Å². The number of para-hydroxylation sites is 1. The molecule has 0 aliphatic carbocycles. The van der Waals surface area contributed by atoms with Gasteiger partial charge in [0.25, 0.3) is 0 Å². The first kappa shape index (κ1) is 20.0. The van der Waals surface area contributed by atoms with Crippen molar-refractivity contribution in [1.82, 2.24) is 14.9 Å². The Morgan fingerprint density at radius 1 is 1.07 bits per heavy atom. The lowest BCUT2D eigenvalue weighted by Crippen LogP contribution is -2.51. The maximum atomic E-state index is 13.1. The molecule has 1 saturated heterocycles. The van der Waals surface area contributed by atoms with E-state index in [-0.39, 0.29) is 11.9 Å². The normalized spacial score (nSPS) is 16.2. The molecule has 0 atom stereocenters. The Labute approximate surface area is 171 Å². The van der Waals surface area contributed by atoms with Crippen molar-refractivity contribution in [2.75, 3.05) is 31.1 Å². The summed E-state index contributed by atoms with van der Waals surface area (Å²) in [6.07, 6.45) is -4.58. The number of rotatable bonds is 4. The maximum absolute atomic E-state index is 13.1. The average Bonchev–Trinajstić information content (AvgIpc) is 2.72. The van der Waals surface area contributed by atoms with Gasteiger partial charge in [0, 0.05) is 36.5 Å². The smallest absolute Gasteiger partial charge is 0.322 e. The third-order valence-corrected chi connectivity index (χ3v) is 4.87. The maximum Gasteiger partial charge on any atom is 0.584 e. The van der Waals surface area contributed by atoms with Crippen LogP contribution in [0.2, 0.25) is 0 Å². The summed E-state index contributed by atoms with van der Waals surface area (Å²) >= 11 is 0. The number of nitrogens with zero attached hydrogens (tertiary/aromatic N) is 3. The second-order valence-corrected chi connectivity index (χ2v) is 6.96. The van der Waals surface area contributed by atoms with Gasteiger partial charge >= 0.3 is 24.0 Å². The Hall–Kier alpha value is -3.29. The number of hydrogen-bond donors (Lipinski definition) is 1. The number of alkyl halides is 3. The summed E-state index contributed by atoms with van der Waals surface area (Å²) < 4.78 is 45.5. The van der Waals surface area contributed by atoms with Crippen LogP contribution in [0.25, 0.3) is 0 Å². The number of hydrogen-bond acceptors (Lipinski definition) is 3. The van der Waals surface area contributed by atoms with Gasteiger partial charge in [-0.2, -0.15) is 13.2 Å². The van der Waals surface area contributed by atoms with Crippen LogP contribution in [0.5, 0.6) is 0 Å². The van der Waals surface area contributed by atoms with E-state index in [1.165, 1.54) is 0 Å². The summed E-state index contributed by atoms with van der Waals surface area (Å²) in [4.78, 5) is 16.6. The van der Waals surface area contributed by atoms with Crippen LogP contribution in [0.1, 0.15) is 11.1 Å². The molecule has 156 valence electrons. The van der Waals surface area contributed by atoms with Gasteiger partial charge in [-0.1, -0.05) is 30.3 Å². The van der Waals surface area contributed by atoms with Crippen LogP contribution in [-0.4, -0.2) is 55.1 Å². The molecule has 4 rings (SSSR count). The predicted octanol–water partition coefficient (Wildman–Crippen LogP) is 2.52. The minimum atomic E-state index is -4.58. The lowest BCUT2D eigenvalue weighted by Gasteiger charge is -2.33. The van der Waals surface area contributed by atoms with Gasteiger partial charge in [-0.3, -0.25) is 4.90 Å². The minimum absolute atomic E-state index is 0.0642. The Morgan fingerprint density at radius 2 is 1.70 bits per heavy atom. The van der Waals surface area contributed by atoms with E-state index in [1.54, 1.807) is 29.2 Å². The zero-order chi connectivity index (χ0) is 21.1. The minimum Gasteiger partial charge on any atom is -0.322 e. The van der Waals surface area contributed by atoms with Crippen LogP contribution in [-0.2, 0) is 11.3 Å². The SMILES string of the molecule is O=C(N1CCNCC1)N(Cc1ccc(C2=[N+]=C(C(F)(F)F)O2)cc1)c1ccccc1. The lowest BCUT2D eigenvalue weighted by molar-refractivity contribution is -0.0743. The number of piperazine rings is 1. The van der Waals surface area contributed by atoms with Crippen LogP contribution in [0.15, 0.2) is 54.6 Å². The number of amides is 2. The van der Waals surface area contributed by atoms with Crippen LogP contribution in [0.4, 0.5) is 23.7 Å². The fourth-order valence-electron chi connectivity index (χ4n) is 3.27. The van der Waals surface area contributed by atoms with Crippen molar-refractivity contribution in [3.63, 3.8) is 0 Å². The summed E-state index contributed by atoms with van der Waals surface area (Å²) in [6, 6.07) is 16.1. The van der Waals surface area contributed by atoms with E-state index in [1.807, 2.05) is 35.2 Å². The Kier molecular flexibility index (Phi) is 5.48. The summed E-state index contributed by atoms with van der Waals surface area (Å²) in [7, 11) is 0. The number of nitrogens with one attached hydrogen (secondary N) is 1. The molecule has 0 spiro atoms. The van der Waals surface area contributed by atoms with Gasteiger partial charge in [0.15, 0.2) is 0 Å². The molecule has 2 aliphatic rings. The van der Waals surface area contributed by atoms with Crippen LogP contribution < -0.4 is 14.9 Å². The number of anilines is 1. The molecule has 2 amide bonds. The zero-order valence-electron chi connectivity index (χ0n) is 16.0. The topological polar surface area (TPSA) is 58.9 Å². The fraction of sp³-hybridized carbons (Fsp3) is 0.286. The van der Waals surface area contributed by atoms with Crippen molar-refractivity contribution in [1.29, 1.82) is 0 Å². The molecule has 0 bridgehead atoms. The summed E-state index contributed by atoms with van der Waals surface area (Å²) in [5, 5.41) is 3.23. The van der Waals surface area contributed by atoms with E-state index in [9.17, 15) is 18.0 Å². The van der Waals surface area contributed by atoms with Crippen molar-refractivity contribution < 1.29 is 22.7 Å². The number of carbonyl (C=O) groups excluding carboxylic acids is 1. The van der Waals surface area contributed by atoms with E-state index in [0.29, 0.717) is 25.2 Å². The average molecular weight is 417 g/mol. The molecule has 2 aliphatic heterocycles. The number of carbonyl (C=O) groups is 1. The van der Waals surface area contributed by atoms with E-state index in [4.69, 9.17) is 0 Å². The number of halogens is 3. The Bertz CT molecular complexity index is 978. The van der Waals surface area contributed by atoms with Crippen LogP contribution in [0.3, 0.4) is 0 Å². The highest BCUT2D eigenvalue weighted by molar-refractivity contribution is 6.10. The first-order valence-electron chi connectivity index (χ1n) is 9.54. The summed E-state index contributed by atoms with van der Waals surface area (Å²) in [5.41, 5.74) is 2.07. The van der Waals surface area contributed by atoms with Crippen molar-refractivity contribution in [2.24, 2.45) is 0 Å². The van der Waals surface area contributed by atoms with Gasteiger partial charge < -0.3 is 15.0 Å². The van der Waals surface area contributed by atoms with E-state index < -0.39 is 12.1 Å². The van der Waals surface area contributed by atoms with Crippen molar-refractivity contribution in [3.8, 4) is 0 Å². The Balaban J connectivity index is 1.53. The molecule has 1 fully saturated rings. The predicted molar refractivity (Wildman–Crippen MR) is 107 cm³/mol. The largest absolute Gasteiger partial charge is 0.584 e. The quantitative estimate of drug-likeness (QED) is 0.778. The fourth-order valence-corrected chi connectivity index (χ4v) is 3.27. The molecule has 1 N–H and O–H groups in total. The Morgan fingerprint density at radius 3 is 2.30 bits per heavy atom. The molecular weight excluding hydrogens is 397 g/mol.